The van der Waals surface area contributed by atoms with Crippen molar-refractivity contribution in [3.05, 3.63) is 59.4 Å². The molecule has 0 unspecified atom stereocenters. The third kappa shape index (κ3) is 3.65. The second-order valence-electron chi connectivity index (χ2n) is 5.44. The van der Waals surface area contributed by atoms with E-state index in [9.17, 15) is 12.8 Å². The Labute approximate surface area is 131 Å². The van der Waals surface area contributed by atoms with Crippen molar-refractivity contribution < 1.29 is 12.8 Å². The molecule has 5 heteroatoms. The largest absolute Gasteiger partial charge is 0.279 e. The van der Waals surface area contributed by atoms with E-state index in [1.165, 1.54) is 18.2 Å². The van der Waals surface area contributed by atoms with Gasteiger partial charge in [-0.05, 0) is 60.7 Å². The lowest BCUT2D eigenvalue weighted by Gasteiger charge is -2.12. The first-order valence-electron chi connectivity index (χ1n) is 7.22. The monoisotopic (exact) mass is 321 g/mol. The Morgan fingerprint density at radius 2 is 1.77 bits per heavy atom. The number of anilines is 1. The van der Waals surface area contributed by atoms with Gasteiger partial charge in [-0.3, -0.25) is 4.72 Å². The average Bonchev–Trinajstić information content (AvgIpc) is 2.49. The maximum absolute atomic E-state index is 13.1. The second-order valence-corrected chi connectivity index (χ2v) is 7.13. The Hall–Kier alpha value is -1.88. The number of sulfonamides is 1. The molecule has 2 aromatic carbocycles. The Morgan fingerprint density at radius 1 is 1.14 bits per heavy atom. The molecule has 22 heavy (non-hydrogen) atoms. The van der Waals surface area contributed by atoms with Crippen LogP contribution < -0.4 is 4.72 Å². The summed E-state index contributed by atoms with van der Waals surface area (Å²) in [4.78, 5) is 0.197. The highest BCUT2D eigenvalue weighted by molar-refractivity contribution is 7.92. The predicted octanol–water partition coefficient (Wildman–Crippen LogP) is 4.45. The zero-order chi connectivity index (χ0) is 16.3. The summed E-state index contributed by atoms with van der Waals surface area (Å²) >= 11 is 0. The zero-order valence-corrected chi connectivity index (χ0v) is 13.7. The number of aryl methyl sites for hydroxylation is 1. The van der Waals surface area contributed by atoms with Gasteiger partial charge in [0.2, 0.25) is 0 Å². The molecule has 118 valence electrons. The summed E-state index contributed by atoms with van der Waals surface area (Å²) in [5, 5.41) is 0. The van der Waals surface area contributed by atoms with Crippen molar-refractivity contribution in [1.29, 1.82) is 0 Å². The van der Waals surface area contributed by atoms with E-state index in [2.05, 4.69) is 18.6 Å². The van der Waals surface area contributed by atoms with Crippen LogP contribution >= 0.6 is 0 Å². The summed E-state index contributed by atoms with van der Waals surface area (Å²) in [5.41, 5.74) is 2.03. The lowest BCUT2D eigenvalue weighted by molar-refractivity contribution is 0.600. The zero-order valence-electron chi connectivity index (χ0n) is 12.9. The second kappa shape index (κ2) is 6.48. The van der Waals surface area contributed by atoms with Gasteiger partial charge in [0.05, 0.1) is 10.6 Å². The topological polar surface area (TPSA) is 46.2 Å². The van der Waals surface area contributed by atoms with Crippen LogP contribution in [0.2, 0.25) is 0 Å². The fraction of sp³-hybridized carbons (Fsp3) is 0.294. The van der Waals surface area contributed by atoms with Crippen LogP contribution in [0.4, 0.5) is 10.1 Å². The Kier molecular flexibility index (Phi) is 4.86. The molecular formula is C17H20FNO2S. The fourth-order valence-corrected chi connectivity index (χ4v) is 3.29. The van der Waals surface area contributed by atoms with Gasteiger partial charge in [0, 0.05) is 0 Å². The summed E-state index contributed by atoms with van der Waals surface area (Å²) in [5.74, 6) is 0.00223. The van der Waals surface area contributed by atoms with Gasteiger partial charge in [0.15, 0.2) is 0 Å². The van der Waals surface area contributed by atoms with Crippen molar-refractivity contribution in [2.24, 2.45) is 0 Å². The third-order valence-corrected chi connectivity index (χ3v) is 5.19. The number of hydrogen-bond donors (Lipinski definition) is 1. The van der Waals surface area contributed by atoms with Gasteiger partial charge in [-0.15, -0.1) is 0 Å². The lowest BCUT2D eigenvalue weighted by atomic mass is 9.99. The molecule has 0 saturated heterocycles. The van der Waals surface area contributed by atoms with Crippen LogP contribution in [0.5, 0.6) is 0 Å². The quantitative estimate of drug-likeness (QED) is 0.884. The van der Waals surface area contributed by atoms with Gasteiger partial charge >= 0.3 is 0 Å². The Balaban J connectivity index is 2.26. The molecule has 0 radical (unpaired) electrons. The molecule has 0 fully saturated rings. The van der Waals surface area contributed by atoms with E-state index >= 15 is 0 Å². The first kappa shape index (κ1) is 16.5. The molecule has 2 aromatic rings. The third-order valence-electron chi connectivity index (χ3n) is 3.80. The fourth-order valence-electron chi connectivity index (χ4n) is 2.16. The molecule has 0 saturated carbocycles. The average molecular weight is 321 g/mol. The number of halogens is 1. The van der Waals surface area contributed by atoms with Gasteiger partial charge in [-0.2, -0.15) is 0 Å². The van der Waals surface area contributed by atoms with Gasteiger partial charge < -0.3 is 0 Å². The minimum atomic E-state index is -3.67. The van der Waals surface area contributed by atoms with Crippen LogP contribution in [0.3, 0.4) is 0 Å². The van der Waals surface area contributed by atoms with Crippen LogP contribution in [0, 0.1) is 12.7 Å². The van der Waals surface area contributed by atoms with Crippen molar-refractivity contribution in [2.45, 2.75) is 38.0 Å². The van der Waals surface area contributed by atoms with E-state index < -0.39 is 15.8 Å². The molecule has 0 amide bonds. The normalized spacial score (nSPS) is 12.9. The van der Waals surface area contributed by atoms with E-state index in [1.807, 2.05) is 12.1 Å². The van der Waals surface area contributed by atoms with E-state index in [4.69, 9.17) is 0 Å². The van der Waals surface area contributed by atoms with Crippen LogP contribution in [-0.4, -0.2) is 8.42 Å². The van der Waals surface area contributed by atoms with Gasteiger partial charge in [-0.1, -0.05) is 26.0 Å². The van der Waals surface area contributed by atoms with Crippen LogP contribution in [0.15, 0.2) is 47.4 Å². The lowest BCUT2D eigenvalue weighted by Crippen LogP contribution is -2.14. The summed E-state index contributed by atoms with van der Waals surface area (Å²) < 4.78 is 40.3. The van der Waals surface area contributed by atoms with Crippen molar-refractivity contribution in [3.8, 4) is 0 Å². The molecule has 0 aliphatic heterocycles. The van der Waals surface area contributed by atoms with Crippen molar-refractivity contribution in [2.75, 3.05) is 4.72 Å². The highest BCUT2D eigenvalue weighted by Gasteiger charge is 2.16. The molecule has 0 bridgehead atoms. The predicted molar refractivity (Wildman–Crippen MR) is 87.1 cm³/mol. The molecule has 2 rings (SSSR count). The first-order valence-corrected chi connectivity index (χ1v) is 8.70. The van der Waals surface area contributed by atoms with Crippen LogP contribution in [0.25, 0.3) is 0 Å². The van der Waals surface area contributed by atoms with E-state index in [0.717, 1.165) is 12.0 Å². The molecular weight excluding hydrogens is 301 g/mol. The van der Waals surface area contributed by atoms with E-state index in [0.29, 0.717) is 17.2 Å². The maximum Gasteiger partial charge on any atom is 0.261 e. The van der Waals surface area contributed by atoms with Gasteiger partial charge in [0.1, 0.15) is 5.82 Å². The molecule has 0 aliphatic carbocycles. The highest BCUT2D eigenvalue weighted by Crippen LogP contribution is 2.23. The standard InChI is InChI=1S/C17H20FNO2S/c1-4-12(2)14-5-8-16(9-6-14)22(20,21)19-17-10-7-15(18)11-13(17)3/h5-12,19H,4H2,1-3H3/t12-/m1/s1. The SMILES string of the molecule is CC[C@@H](C)c1ccc(S(=O)(=O)Nc2ccc(F)cc2C)cc1. The Morgan fingerprint density at radius 3 is 2.32 bits per heavy atom. The number of nitrogens with one attached hydrogen (secondary N) is 1. The van der Waals surface area contributed by atoms with Crippen LogP contribution in [0.1, 0.15) is 37.3 Å². The van der Waals surface area contributed by atoms with Gasteiger partial charge in [0.25, 0.3) is 10.0 Å². The molecule has 0 spiro atoms. The molecule has 0 aliphatic rings. The molecule has 1 N–H and O–H groups in total. The smallest absolute Gasteiger partial charge is 0.261 e. The van der Waals surface area contributed by atoms with Crippen molar-refractivity contribution in [3.63, 3.8) is 0 Å². The number of benzene rings is 2. The Bertz CT molecular complexity index is 755. The summed E-state index contributed by atoms with van der Waals surface area (Å²) in [6.07, 6.45) is 0.999. The van der Waals surface area contributed by atoms with E-state index in [-0.39, 0.29) is 4.90 Å². The molecule has 0 heterocycles. The van der Waals surface area contributed by atoms with Crippen molar-refractivity contribution >= 4 is 15.7 Å². The van der Waals surface area contributed by atoms with Crippen molar-refractivity contribution in [1.82, 2.24) is 0 Å². The highest BCUT2D eigenvalue weighted by atomic mass is 32.2. The number of hydrogen-bond acceptors (Lipinski definition) is 2. The molecule has 1 atom stereocenters. The summed E-state index contributed by atoms with van der Waals surface area (Å²) in [6, 6.07) is 10.8. The summed E-state index contributed by atoms with van der Waals surface area (Å²) in [6.45, 7) is 5.85. The number of rotatable bonds is 5. The minimum Gasteiger partial charge on any atom is -0.279 e. The van der Waals surface area contributed by atoms with Crippen LogP contribution in [-0.2, 0) is 10.0 Å². The molecule has 3 nitrogen and oxygen atoms in total. The summed E-state index contributed by atoms with van der Waals surface area (Å²) in [7, 11) is -3.67. The maximum atomic E-state index is 13.1. The van der Waals surface area contributed by atoms with Gasteiger partial charge in [-0.25, -0.2) is 12.8 Å². The minimum absolute atomic E-state index is 0.197. The first-order chi connectivity index (χ1) is 10.3. The van der Waals surface area contributed by atoms with E-state index in [1.54, 1.807) is 19.1 Å². The molecule has 0 aromatic heterocycles.